The van der Waals surface area contributed by atoms with Crippen LogP contribution in [0.4, 0.5) is 0 Å². The fraction of sp³-hybridized carbons (Fsp3) is 0.714. The van der Waals surface area contributed by atoms with Crippen LogP contribution in [0.15, 0.2) is 0 Å². The van der Waals surface area contributed by atoms with E-state index in [1.807, 2.05) is 0 Å². The van der Waals surface area contributed by atoms with Crippen molar-refractivity contribution in [2.75, 3.05) is 6.61 Å². The van der Waals surface area contributed by atoms with E-state index >= 15 is 0 Å². The summed E-state index contributed by atoms with van der Waals surface area (Å²) in [6.07, 6.45) is -2.06. The summed E-state index contributed by atoms with van der Waals surface area (Å²) in [6.45, 7) is 0.965. The molecule has 12 heavy (non-hydrogen) atoms. The maximum absolute atomic E-state index is 10.9. The quantitative estimate of drug-likeness (QED) is 0.392. The molecule has 0 saturated carbocycles. The Morgan fingerprint density at radius 1 is 1.58 bits per heavy atom. The summed E-state index contributed by atoms with van der Waals surface area (Å²) in [5.41, 5.74) is 0. The number of hydrogen-bond acceptors (Lipinski definition) is 5. The Morgan fingerprint density at radius 3 is 2.50 bits per heavy atom. The van der Waals surface area contributed by atoms with Crippen LogP contribution >= 0.6 is 0 Å². The maximum atomic E-state index is 10.9. The molecule has 1 fully saturated rings. The molecule has 0 radical (unpaired) electrons. The number of cyclic esters (lactones) is 1. The molecule has 0 aliphatic carbocycles. The molecule has 1 heterocycles. The first-order chi connectivity index (χ1) is 5.57. The molecule has 0 aromatic rings. The Bertz CT molecular complexity index is 212. The first kappa shape index (κ1) is 9.15. The average molecular weight is 174 g/mol. The number of aliphatic hydroxyl groups is 2. The number of Topliss-reactive ketones (excluding diaryl/α,β-unsaturated/α-hetero) is 1. The highest BCUT2D eigenvalue weighted by Gasteiger charge is 2.43. The summed E-state index contributed by atoms with van der Waals surface area (Å²) < 4.78 is 4.54. The molecule has 0 amide bonds. The zero-order valence-corrected chi connectivity index (χ0v) is 6.56. The number of carbonyl (C=O) groups is 2. The second-order valence-corrected chi connectivity index (χ2v) is 2.77. The number of carbonyl (C=O) groups excluding carboxylic acids is 2. The van der Waals surface area contributed by atoms with Crippen molar-refractivity contribution < 1.29 is 24.5 Å². The second-order valence-electron chi connectivity index (χ2n) is 2.77. The van der Waals surface area contributed by atoms with Crippen molar-refractivity contribution >= 4 is 11.8 Å². The van der Waals surface area contributed by atoms with E-state index in [2.05, 4.69) is 4.74 Å². The van der Waals surface area contributed by atoms with E-state index in [1.165, 1.54) is 6.92 Å². The summed E-state index contributed by atoms with van der Waals surface area (Å²) in [5.74, 6) is -2.24. The Kier molecular flexibility index (Phi) is 2.44. The van der Waals surface area contributed by atoms with Crippen LogP contribution in [-0.2, 0) is 14.3 Å². The predicted molar refractivity (Wildman–Crippen MR) is 37.1 cm³/mol. The van der Waals surface area contributed by atoms with Crippen LogP contribution in [-0.4, -0.2) is 40.8 Å². The van der Waals surface area contributed by atoms with E-state index in [0.29, 0.717) is 0 Å². The third-order valence-electron chi connectivity index (χ3n) is 1.92. The van der Waals surface area contributed by atoms with Gasteiger partial charge in [-0.3, -0.25) is 4.79 Å². The van der Waals surface area contributed by atoms with Crippen molar-refractivity contribution in [1.29, 1.82) is 0 Å². The molecule has 1 aliphatic heterocycles. The SMILES string of the molecule is CC1C(=O)C(=O)O[C@@H]1[C@@H](O)CO. The van der Waals surface area contributed by atoms with E-state index < -0.39 is 36.5 Å². The van der Waals surface area contributed by atoms with E-state index in [-0.39, 0.29) is 0 Å². The minimum absolute atomic E-state index is 0.518. The average Bonchev–Trinajstić information content (AvgIpc) is 2.32. The van der Waals surface area contributed by atoms with Crippen LogP contribution in [0.5, 0.6) is 0 Å². The first-order valence-corrected chi connectivity index (χ1v) is 3.61. The summed E-state index contributed by atoms with van der Waals surface area (Å²) in [5, 5.41) is 17.6. The van der Waals surface area contributed by atoms with Gasteiger partial charge in [-0.1, -0.05) is 6.92 Å². The monoisotopic (exact) mass is 174 g/mol. The van der Waals surface area contributed by atoms with Gasteiger partial charge in [0.05, 0.1) is 12.5 Å². The van der Waals surface area contributed by atoms with Crippen LogP contribution < -0.4 is 0 Å². The highest BCUT2D eigenvalue weighted by molar-refractivity contribution is 6.36. The zero-order valence-electron chi connectivity index (χ0n) is 6.56. The first-order valence-electron chi connectivity index (χ1n) is 3.61. The fourth-order valence-electron chi connectivity index (χ4n) is 1.13. The van der Waals surface area contributed by atoms with Crippen molar-refractivity contribution in [3.63, 3.8) is 0 Å². The largest absolute Gasteiger partial charge is 0.453 e. The Morgan fingerprint density at radius 2 is 2.17 bits per heavy atom. The summed E-state index contributed by atoms with van der Waals surface area (Å²) >= 11 is 0. The number of aliphatic hydroxyl groups excluding tert-OH is 2. The van der Waals surface area contributed by atoms with Crippen molar-refractivity contribution in [3.8, 4) is 0 Å². The van der Waals surface area contributed by atoms with E-state index in [0.717, 1.165) is 0 Å². The van der Waals surface area contributed by atoms with Crippen LogP contribution in [0.1, 0.15) is 6.92 Å². The van der Waals surface area contributed by atoms with Crippen molar-refractivity contribution in [1.82, 2.24) is 0 Å². The van der Waals surface area contributed by atoms with Gasteiger partial charge in [0.15, 0.2) is 0 Å². The zero-order chi connectivity index (χ0) is 9.30. The molecule has 1 aliphatic rings. The number of rotatable bonds is 2. The maximum Gasteiger partial charge on any atom is 0.375 e. The highest BCUT2D eigenvalue weighted by Crippen LogP contribution is 2.20. The van der Waals surface area contributed by atoms with Crippen molar-refractivity contribution in [2.45, 2.75) is 19.1 Å². The lowest BCUT2D eigenvalue weighted by molar-refractivity contribution is -0.151. The van der Waals surface area contributed by atoms with E-state index in [4.69, 9.17) is 10.2 Å². The molecular weight excluding hydrogens is 164 g/mol. The second kappa shape index (κ2) is 3.20. The minimum Gasteiger partial charge on any atom is -0.453 e. The molecule has 5 heteroatoms. The Labute approximate surface area is 68.9 Å². The van der Waals surface area contributed by atoms with Crippen LogP contribution in [0.25, 0.3) is 0 Å². The number of esters is 1. The molecule has 2 N–H and O–H groups in total. The summed E-state index contributed by atoms with van der Waals surface area (Å²) in [4.78, 5) is 21.5. The molecule has 1 saturated heterocycles. The molecule has 68 valence electrons. The van der Waals surface area contributed by atoms with Gasteiger partial charge in [0.2, 0.25) is 5.78 Å². The molecule has 1 unspecified atom stereocenters. The predicted octanol–water partition coefficient (Wildman–Crippen LogP) is -1.53. The third kappa shape index (κ3) is 1.33. The lowest BCUT2D eigenvalue weighted by Gasteiger charge is -2.16. The van der Waals surface area contributed by atoms with E-state index in [1.54, 1.807) is 0 Å². The van der Waals surface area contributed by atoms with Gasteiger partial charge in [-0.15, -0.1) is 0 Å². The van der Waals surface area contributed by atoms with Gasteiger partial charge >= 0.3 is 5.97 Å². The molecule has 1 rings (SSSR count). The van der Waals surface area contributed by atoms with Gasteiger partial charge in [0.1, 0.15) is 12.2 Å². The Hall–Kier alpha value is -0.940. The lowest BCUT2D eigenvalue weighted by atomic mass is 9.99. The fourth-order valence-corrected chi connectivity index (χ4v) is 1.13. The number of ether oxygens (including phenoxy) is 1. The van der Waals surface area contributed by atoms with Gasteiger partial charge in [-0.2, -0.15) is 0 Å². The normalized spacial score (nSPS) is 31.9. The topological polar surface area (TPSA) is 83.8 Å². The molecule has 3 atom stereocenters. The molecule has 0 aromatic heterocycles. The molecule has 0 spiro atoms. The number of ketones is 1. The van der Waals surface area contributed by atoms with Gasteiger partial charge < -0.3 is 14.9 Å². The van der Waals surface area contributed by atoms with Crippen molar-refractivity contribution in [2.24, 2.45) is 5.92 Å². The Balaban J connectivity index is 2.70. The minimum atomic E-state index is -1.17. The van der Waals surface area contributed by atoms with Gasteiger partial charge in [0, 0.05) is 0 Å². The van der Waals surface area contributed by atoms with Crippen LogP contribution in [0.2, 0.25) is 0 Å². The van der Waals surface area contributed by atoms with Crippen LogP contribution in [0, 0.1) is 5.92 Å². The van der Waals surface area contributed by atoms with Gasteiger partial charge in [0.25, 0.3) is 0 Å². The molecule has 0 bridgehead atoms. The number of hydrogen-bond donors (Lipinski definition) is 2. The summed E-state index contributed by atoms with van der Waals surface area (Å²) in [7, 11) is 0. The smallest absolute Gasteiger partial charge is 0.375 e. The molecular formula is C7H10O5. The highest BCUT2D eigenvalue weighted by atomic mass is 16.6. The lowest BCUT2D eigenvalue weighted by Crippen LogP contribution is -2.34. The van der Waals surface area contributed by atoms with E-state index in [9.17, 15) is 9.59 Å². The van der Waals surface area contributed by atoms with Gasteiger partial charge in [-0.05, 0) is 0 Å². The van der Waals surface area contributed by atoms with Crippen LogP contribution in [0.3, 0.4) is 0 Å². The molecule has 0 aromatic carbocycles. The molecule has 5 nitrogen and oxygen atoms in total. The standard InChI is InChI=1S/C7H10O5/c1-3-5(10)7(11)12-6(3)4(9)2-8/h3-4,6,8-9H,2H2,1H3/t3?,4-,6-/m0/s1. The van der Waals surface area contributed by atoms with Crippen molar-refractivity contribution in [3.05, 3.63) is 0 Å². The van der Waals surface area contributed by atoms with Gasteiger partial charge in [-0.25, -0.2) is 4.79 Å². The third-order valence-corrected chi connectivity index (χ3v) is 1.92. The summed E-state index contributed by atoms with van der Waals surface area (Å²) in [6, 6.07) is 0.